The van der Waals surface area contributed by atoms with E-state index in [1.54, 1.807) is 31.2 Å². The number of halogens is 2. The fraction of sp³-hybridized carbons (Fsp3) is 0.0909. The van der Waals surface area contributed by atoms with E-state index in [-0.39, 0.29) is 5.56 Å². The van der Waals surface area contributed by atoms with Crippen molar-refractivity contribution >= 4 is 41.3 Å². The van der Waals surface area contributed by atoms with Crippen molar-refractivity contribution in [1.29, 1.82) is 0 Å². The Kier molecular flexibility index (Phi) is 8.06. The number of aryl methyl sites for hydroxylation is 2. The first-order valence-electron chi connectivity index (χ1n) is 12.7. The molecule has 1 N–H and O–H groups in total. The Morgan fingerprint density at radius 2 is 1.57 bits per heavy atom. The summed E-state index contributed by atoms with van der Waals surface area (Å²) in [6, 6.07) is 26.5. The highest BCUT2D eigenvalue weighted by atomic mass is 35.5. The van der Waals surface area contributed by atoms with Crippen molar-refractivity contribution in [1.82, 2.24) is 9.55 Å². The van der Waals surface area contributed by atoms with Gasteiger partial charge in [-0.25, -0.2) is 9.78 Å². The predicted octanol–water partition coefficient (Wildman–Crippen LogP) is 9.51. The minimum absolute atomic E-state index is 0.268. The quantitative estimate of drug-likeness (QED) is 0.202. The highest BCUT2D eigenvalue weighted by Crippen LogP contribution is 2.31. The molecule has 0 saturated heterocycles. The van der Waals surface area contributed by atoms with Gasteiger partial charge in [0.1, 0.15) is 17.3 Å². The summed E-state index contributed by atoms with van der Waals surface area (Å²) < 4.78 is 8.00. The molecule has 200 valence electrons. The van der Waals surface area contributed by atoms with Gasteiger partial charge in [0.2, 0.25) is 0 Å². The van der Waals surface area contributed by atoms with Crippen molar-refractivity contribution in [2.75, 3.05) is 0 Å². The predicted molar refractivity (Wildman–Crippen MR) is 162 cm³/mol. The number of rotatable bonds is 8. The number of carboxylic acid groups (broad SMARTS) is 1. The summed E-state index contributed by atoms with van der Waals surface area (Å²) in [5.74, 6) is 1.17. The van der Waals surface area contributed by atoms with Crippen LogP contribution in [0.15, 0.2) is 91.1 Å². The molecule has 0 aliphatic heterocycles. The second-order valence-corrected chi connectivity index (χ2v) is 10.1. The summed E-state index contributed by atoms with van der Waals surface area (Å²) in [5.41, 5.74) is 5.77. The topological polar surface area (TPSA) is 64.4 Å². The third kappa shape index (κ3) is 6.12. The Morgan fingerprint density at radius 1 is 0.900 bits per heavy atom. The van der Waals surface area contributed by atoms with E-state index in [1.807, 2.05) is 54.7 Å². The Hall–Kier alpha value is -4.32. The minimum atomic E-state index is -0.948. The smallest absolute Gasteiger partial charge is 0.335 e. The van der Waals surface area contributed by atoms with Crippen molar-refractivity contribution in [3.05, 3.63) is 124 Å². The lowest BCUT2D eigenvalue weighted by atomic mass is 10.0. The van der Waals surface area contributed by atoms with E-state index < -0.39 is 5.97 Å². The molecule has 0 saturated carbocycles. The molecule has 0 bridgehead atoms. The zero-order chi connectivity index (χ0) is 28.2. The molecule has 7 heteroatoms. The molecule has 0 spiro atoms. The van der Waals surface area contributed by atoms with Crippen LogP contribution in [0.3, 0.4) is 0 Å². The van der Waals surface area contributed by atoms with Crippen molar-refractivity contribution in [3.63, 3.8) is 0 Å². The van der Waals surface area contributed by atoms with Gasteiger partial charge in [0.05, 0.1) is 16.3 Å². The average Bonchev–Trinajstić information content (AvgIpc) is 3.35. The van der Waals surface area contributed by atoms with Crippen LogP contribution in [0.5, 0.6) is 11.5 Å². The van der Waals surface area contributed by atoms with Crippen molar-refractivity contribution in [2.45, 2.75) is 20.4 Å². The minimum Gasteiger partial charge on any atom is -0.478 e. The Labute approximate surface area is 242 Å². The van der Waals surface area contributed by atoms with Crippen LogP contribution in [0.25, 0.3) is 34.5 Å². The van der Waals surface area contributed by atoms with Crippen LogP contribution in [0.2, 0.25) is 10.0 Å². The van der Waals surface area contributed by atoms with Gasteiger partial charge in [0.15, 0.2) is 0 Å². The van der Waals surface area contributed by atoms with Crippen LogP contribution in [0, 0.1) is 6.92 Å². The summed E-state index contributed by atoms with van der Waals surface area (Å²) in [7, 11) is 0. The second kappa shape index (κ2) is 11.8. The highest BCUT2D eigenvalue weighted by Gasteiger charge is 2.11. The number of hydrogen-bond acceptors (Lipinski definition) is 3. The van der Waals surface area contributed by atoms with Gasteiger partial charge in [-0.15, -0.1) is 0 Å². The second-order valence-electron chi connectivity index (χ2n) is 9.26. The maximum Gasteiger partial charge on any atom is 0.335 e. The van der Waals surface area contributed by atoms with E-state index in [9.17, 15) is 9.90 Å². The molecular weight excluding hydrogens is 543 g/mol. The number of aromatic carboxylic acids is 1. The number of aromatic nitrogens is 2. The number of nitrogens with zero attached hydrogens (tertiary/aromatic N) is 2. The summed E-state index contributed by atoms with van der Waals surface area (Å²) in [6.07, 6.45) is 6.04. The van der Waals surface area contributed by atoms with Gasteiger partial charge in [-0.2, -0.15) is 0 Å². The number of carboxylic acids is 1. The fourth-order valence-corrected chi connectivity index (χ4v) is 4.90. The molecule has 5 nitrogen and oxygen atoms in total. The van der Waals surface area contributed by atoms with E-state index in [1.165, 1.54) is 0 Å². The van der Waals surface area contributed by atoms with E-state index in [2.05, 4.69) is 35.8 Å². The average molecular weight is 569 g/mol. The number of hydrogen-bond donors (Lipinski definition) is 1. The largest absolute Gasteiger partial charge is 0.478 e. The lowest BCUT2D eigenvalue weighted by Crippen LogP contribution is -1.99. The first kappa shape index (κ1) is 27.3. The summed E-state index contributed by atoms with van der Waals surface area (Å²) in [5, 5.41) is 10.4. The maximum absolute atomic E-state index is 11.2. The van der Waals surface area contributed by atoms with E-state index in [4.69, 9.17) is 32.9 Å². The molecule has 5 aromatic rings. The highest BCUT2D eigenvalue weighted by molar-refractivity contribution is 6.36. The monoisotopic (exact) mass is 568 g/mol. The molecule has 40 heavy (non-hydrogen) atoms. The molecule has 0 atom stereocenters. The molecule has 0 amide bonds. The number of ether oxygens (including phenoxy) is 1. The molecule has 0 radical (unpaired) electrons. The number of imidazole rings is 1. The Bertz CT molecular complexity index is 1710. The van der Waals surface area contributed by atoms with Crippen molar-refractivity contribution < 1.29 is 14.6 Å². The normalized spacial score (nSPS) is 11.2. The zero-order valence-electron chi connectivity index (χ0n) is 21.9. The van der Waals surface area contributed by atoms with Gasteiger partial charge >= 0.3 is 5.97 Å². The van der Waals surface area contributed by atoms with Gasteiger partial charge in [0.25, 0.3) is 0 Å². The standard InChI is InChI=1S/C33H26Cl2N2O3/c1-3-37-20-31(29-15-11-25(34)19-30(29)35)36-32(37)17-6-22-4-7-23(8-5-22)24-9-12-26(13-10-24)40-27-14-16-28(33(38)39)21(2)18-27/h4-20H,3H2,1-2H3,(H,38,39). The molecule has 0 aliphatic rings. The van der Waals surface area contributed by atoms with E-state index in [0.717, 1.165) is 40.3 Å². The van der Waals surface area contributed by atoms with E-state index >= 15 is 0 Å². The van der Waals surface area contributed by atoms with Gasteiger partial charge < -0.3 is 14.4 Å². The van der Waals surface area contributed by atoms with Crippen LogP contribution < -0.4 is 4.74 Å². The van der Waals surface area contributed by atoms with Crippen LogP contribution in [-0.4, -0.2) is 20.6 Å². The lowest BCUT2D eigenvalue weighted by Gasteiger charge is -2.09. The molecule has 1 aromatic heterocycles. The molecule has 0 fully saturated rings. The third-order valence-corrected chi connectivity index (χ3v) is 7.09. The molecular formula is C33H26Cl2N2O3. The van der Waals surface area contributed by atoms with Crippen LogP contribution in [0.4, 0.5) is 0 Å². The zero-order valence-corrected chi connectivity index (χ0v) is 23.4. The summed E-state index contributed by atoms with van der Waals surface area (Å²) in [6.45, 7) is 4.61. The van der Waals surface area contributed by atoms with Gasteiger partial charge in [-0.3, -0.25) is 0 Å². The Balaban J connectivity index is 1.27. The first-order valence-corrected chi connectivity index (χ1v) is 13.5. The van der Waals surface area contributed by atoms with Gasteiger partial charge in [-0.05, 0) is 90.7 Å². The summed E-state index contributed by atoms with van der Waals surface area (Å²) >= 11 is 12.4. The van der Waals surface area contributed by atoms with Crippen molar-refractivity contribution in [3.8, 4) is 33.9 Å². The maximum atomic E-state index is 11.2. The molecule has 5 rings (SSSR count). The lowest BCUT2D eigenvalue weighted by molar-refractivity contribution is 0.0696. The summed E-state index contributed by atoms with van der Waals surface area (Å²) in [4.78, 5) is 16.0. The van der Waals surface area contributed by atoms with Gasteiger partial charge in [0, 0.05) is 23.3 Å². The van der Waals surface area contributed by atoms with Crippen LogP contribution >= 0.6 is 23.2 Å². The molecule has 0 aliphatic carbocycles. The van der Waals surface area contributed by atoms with Crippen LogP contribution in [-0.2, 0) is 6.54 Å². The molecule has 1 heterocycles. The molecule has 4 aromatic carbocycles. The SMILES string of the molecule is CCn1cc(-c2ccc(Cl)cc2Cl)nc1C=Cc1ccc(-c2ccc(Oc3ccc(C(=O)O)c(C)c3)cc2)cc1. The fourth-order valence-electron chi connectivity index (χ4n) is 4.39. The van der Waals surface area contributed by atoms with Gasteiger partial charge in [-0.1, -0.05) is 65.7 Å². The van der Waals surface area contributed by atoms with E-state index in [0.29, 0.717) is 27.1 Å². The third-order valence-electron chi connectivity index (χ3n) is 6.54. The first-order chi connectivity index (χ1) is 19.3. The van der Waals surface area contributed by atoms with Crippen molar-refractivity contribution in [2.24, 2.45) is 0 Å². The number of carbonyl (C=O) groups is 1. The van der Waals surface area contributed by atoms with Crippen LogP contribution in [0.1, 0.15) is 34.2 Å². The Morgan fingerprint density at radius 3 is 2.20 bits per heavy atom. The molecule has 0 unspecified atom stereocenters. The number of benzene rings is 4.